The molecule has 4 N–H and O–H groups in total. The molecule has 6 heteroatoms. The van der Waals surface area contributed by atoms with Gasteiger partial charge in [-0.3, -0.25) is 9.59 Å². The Hall–Kier alpha value is -1.59. The van der Waals surface area contributed by atoms with Crippen LogP contribution in [0.25, 0.3) is 0 Å². The molecular weight excluding hydrogens is 302 g/mol. The van der Waals surface area contributed by atoms with Crippen LogP contribution in [0.4, 0.5) is 11.4 Å². The molecular formula is C16H24ClN3O2. The van der Waals surface area contributed by atoms with Crippen molar-refractivity contribution in [3.05, 3.63) is 24.3 Å². The second-order valence-corrected chi connectivity index (χ2v) is 6.04. The smallest absolute Gasteiger partial charge is 0.244 e. The molecule has 0 atom stereocenters. The standard InChI is InChI=1S/C16H23N3O2.ClH/c1-11(2)14(20)18-12-5-7-13(8-6-12)19-15(21)16(17)9-3-4-10-16;/h5-8,11H,3-4,9-10,17H2,1-2H3,(H,18,20)(H,19,21);1H. The molecule has 0 radical (unpaired) electrons. The molecule has 1 aliphatic rings. The molecule has 1 aromatic rings. The van der Waals surface area contributed by atoms with Gasteiger partial charge in [0.25, 0.3) is 0 Å². The quantitative estimate of drug-likeness (QED) is 0.795. The number of amides is 2. The van der Waals surface area contributed by atoms with Gasteiger partial charge in [-0.1, -0.05) is 26.7 Å². The lowest BCUT2D eigenvalue weighted by molar-refractivity contribution is -0.121. The van der Waals surface area contributed by atoms with Gasteiger partial charge in [-0.2, -0.15) is 0 Å². The fraction of sp³-hybridized carbons (Fsp3) is 0.500. The van der Waals surface area contributed by atoms with Crippen molar-refractivity contribution < 1.29 is 9.59 Å². The first kappa shape index (κ1) is 18.5. The van der Waals surface area contributed by atoms with Crippen LogP contribution in [0.3, 0.4) is 0 Å². The number of carbonyl (C=O) groups excluding carboxylic acids is 2. The van der Waals surface area contributed by atoms with Gasteiger partial charge in [-0.15, -0.1) is 12.4 Å². The van der Waals surface area contributed by atoms with Gasteiger partial charge in [0.2, 0.25) is 11.8 Å². The molecule has 0 spiro atoms. The molecule has 1 aliphatic carbocycles. The van der Waals surface area contributed by atoms with E-state index in [-0.39, 0.29) is 30.1 Å². The van der Waals surface area contributed by atoms with Crippen LogP contribution in [0, 0.1) is 5.92 Å². The lowest BCUT2D eigenvalue weighted by atomic mass is 9.98. The summed E-state index contributed by atoms with van der Waals surface area (Å²) < 4.78 is 0. The minimum Gasteiger partial charge on any atom is -0.326 e. The van der Waals surface area contributed by atoms with Crippen molar-refractivity contribution in [1.82, 2.24) is 0 Å². The Morgan fingerprint density at radius 2 is 1.50 bits per heavy atom. The van der Waals surface area contributed by atoms with E-state index in [9.17, 15) is 9.59 Å². The van der Waals surface area contributed by atoms with E-state index in [0.29, 0.717) is 5.69 Å². The van der Waals surface area contributed by atoms with E-state index in [2.05, 4.69) is 10.6 Å². The Labute approximate surface area is 137 Å². The van der Waals surface area contributed by atoms with Crippen LogP contribution < -0.4 is 16.4 Å². The lowest BCUT2D eigenvalue weighted by Crippen LogP contribution is -2.48. The van der Waals surface area contributed by atoms with Crippen molar-refractivity contribution in [2.75, 3.05) is 10.6 Å². The van der Waals surface area contributed by atoms with Crippen LogP contribution in [0.1, 0.15) is 39.5 Å². The zero-order valence-electron chi connectivity index (χ0n) is 13.0. The van der Waals surface area contributed by atoms with Crippen molar-refractivity contribution in [3.8, 4) is 0 Å². The van der Waals surface area contributed by atoms with Crippen LogP contribution in [0.5, 0.6) is 0 Å². The van der Waals surface area contributed by atoms with Crippen LogP contribution in [0.15, 0.2) is 24.3 Å². The van der Waals surface area contributed by atoms with E-state index in [0.717, 1.165) is 31.4 Å². The van der Waals surface area contributed by atoms with Crippen molar-refractivity contribution >= 4 is 35.6 Å². The summed E-state index contributed by atoms with van der Waals surface area (Å²) in [6.07, 6.45) is 3.48. The van der Waals surface area contributed by atoms with Crippen LogP contribution >= 0.6 is 12.4 Å². The third kappa shape index (κ3) is 4.45. The van der Waals surface area contributed by atoms with Crippen LogP contribution in [-0.2, 0) is 9.59 Å². The van der Waals surface area contributed by atoms with Gasteiger partial charge in [0.15, 0.2) is 0 Å². The van der Waals surface area contributed by atoms with E-state index < -0.39 is 5.54 Å². The summed E-state index contributed by atoms with van der Waals surface area (Å²) in [6.45, 7) is 3.68. The Kier molecular flexibility index (Phi) is 6.38. The van der Waals surface area contributed by atoms with Gasteiger partial charge in [-0.25, -0.2) is 0 Å². The highest BCUT2D eigenvalue weighted by Crippen LogP contribution is 2.28. The SMILES string of the molecule is CC(C)C(=O)Nc1ccc(NC(=O)C2(N)CCCC2)cc1.Cl. The second-order valence-electron chi connectivity index (χ2n) is 6.04. The summed E-state index contributed by atoms with van der Waals surface area (Å²) in [5.74, 6) is -0.221. The van der Waals surface area contributed by atoms with Crippen molar-refractivity contribution in [3.63, 3.8) is 0 Å². The largest absolute Gasteiger partial charge is 0.326 e. The van der Waals surface area contributed by atoms with Crippen LogP contribution in [0.2, 0.25) is 0 Å². The molecule has 22 heavy (non-hydrogen) atoms. The predicted molar refractivity (Wildman–Crippen MR) is 91.2 cm³/mol. The average molecular weight is 326 g/mol. The van der Waals surface area contributed by atoms with Crippen molar-refractivity contribution in [2.24, 2.45) is 11.7 Å². The number of nitrogens with one attached hydrogen (secondary N) is 2. The van der Waals surface area contributed by atoms with Gasteiger partial charge in [-0.05, 0) is 37.1 Å². The summed E-state index contributed by atoms with van der Waals surface area (Å²) in [5, 5.41) is 5.66. The second kappa shape index (κ2) is 7.61. The highest BCUT2D eigenvalue weighted by molar-refractivity contribution is 5.98. The number of hydrogen-bond acceptors (Lipinski definition) is 3. The van der Waals surface area contributed by atoms with Gasteiger partial charge >= 0.3 is 0 Å². The first-order valence-corrected chi connectivity index (χ1v) is 7.42. The van der Waals surface area contributed by atoms with Crippen molar-refractivity contribution in [1.29, 1.82) is 0 Å². The summed E-state index contributed by atoms with van der Waals surface area (Å²) in [7, 11) is 0. The van der Waals surface area contributed by atoms with Gasteiger partial charge in [0.05, 0.1) is 5.54 Å². The molecule has 0 aromatic heterocycles. The molecule has 0 heterocycles. The highest BCUT2D eigenvalue weighted by atomic mass is 35.5. The Morgan fingerprint density at radius 1 is 1.05 bits per heavy atom. The minimum absolute atomic E-state index is 0. The monoisotopic (exact) mass is 325 g/mol. The van der Waals surface area contributed by atoms with Gasteiger partial charge in [0, 0.05) is 17.3 Å². The normalized spacial score (nSPS) is 16.0. The third-order valence-electron chi connectivity index (χ3n) is 3.88. The first-order valence-electron chi connectivity index (χ1n) is 7.42. The fourth-order valence-electron chi connectivity index (χ4n) is 2.41. The molecule has 5 nitrogen and oxygen atoms in total. The molecule has 0 bridgehead atoms. The summed E-state index contributed by atoms with van der Waals surface area (Å²) >= 11 is 0. The zero-order chi connectivity index (χ0) is 15.5. The van der Waals surface area contributed by atoms with E-state index in [4.69, 9.17) is 5.73 Å². The van der Waals surface area contributed by atoms with Crippen LogP contribution in [-0.4, -0.2) is 17.4 Å². The van der Waals surface area contributed by atoms with E-state index in [1.165, 1.54) is 0 Å². The van der Waals surface area contributed by atoms with E-state index in [1.54, 1.807) is 24.3 Å². The number of anilines is 2. The maximum absolute atomic E-state index is 12.2. The Bertz CT molecular complexity index is 523. The van der Waals surface area contributed by atoms with Gasteiger partial charge < -0.3 is 16.4 Å². The van der Waals surface area contributed by atoms with E-state index in [1.807, 2.05) is 13.8 Å². The number of rotatable bonds is 4. The third-order valence-corrected chi connectivity index (χ3v) is 3.88. The van der Waals surface area contributed by atoms with E-state index >= 15 is 0 Å². The number of carbonyl (C=O) groups is 2. The molecule has 122 valence electrons. The molecule has 1 saturated carbocycles. The number of nitrogens with two attached hydrogens (primary N) is 1. The summed E-state index contributed by atoms with van der Waals surface area (Å²) in [5.41, 5.74) is 6.79. The zero-order valence-corrected chi connectivity index (χ0v) is 13.8. The molecule has 1 aromatic carbocycles. The lowest BCUT2D eigenvalue weighted by Gasteiger charge is -2.22. The molecule has 2 rings (SSSR count). The summed E-state index contributed by atoms with van der Waals surface area (Å²) in [4.78, 5) is 23.8. The molecule has 2 amide bonds. The average Bonchev–Trinajstić information content (AvgIpc) is 2.89. The summed E-state index contributed by atoms with van der Waals surface area (Å²) in [6, 6.07) is 7.08. The molecule has 1 fully saturated rings. The molecule has 0 unspecified atom stereocenters. The number of benzene rings is 1. The highest BCUT2D eigenvalue weighted by Gasteiger charge is 2.36. The fourth-order valence-corrected chi connectivity index (χ4v) is 2.41. The van der Waals surface area contributed by atoms with Crippen molar-refractivity contribution in [2.45, 2.75) is 45.1 Å². The predicted octanol–water partition coefficient (Wildman–Crippen LogP) is 2.91. The Morgan fingerprint density at radius 3 is 1.95 bits per heavy atom. The number of hydrogen-bond donors (Lipinski definition) is 3. The maximum atomic E-state index is 12.2. The minimum atomic E-state index is -0.732. The molecule has 0 aliphatic heterocycles. The maximum Gasteiger partial charge on any atom is 0.244 e. The van der Waals surface area contributed by atoms with Gasteiger partial charge in [0.1, 0.15) is 0 Å². The number of halogens is 1. The first-order chi connectivity index (χ1) is 9.90. The Balaban J connectivity index is 0.00000242. The topological polar surface area (TPSA) is 84.2 Å². The molecule has 0 saturated heterocycles.